The van der Waals surface area contributed by atoms with Crippen molar-refractivity contribution in [2.24, 2.45) is 5.73 Å². The van der Waals surface area contributed by atoms with Crippen molar-refractivity contribution in [3.8, 4) is 0 Å². The van der Waals surface area contributed by atoms with Crippen LogP contribution in [0.15, 0.2) is 0 Å². The summed E-state index contributed by atoms with van der Waals surface area (Å²) in [4.78, 5) is 14.1. The maximum absolute atomic E-state index is 12.1. The predicted octanol–water partition coefficient (Wildman–Crippen LogP) is 1.66. The van der Waals surface area contributed by atoms with Crippen molar-refractivity contribution in [2.45, 2.75) is 63.8 Å². The smallest absolute Gasteiger partial charge is 0.225 e. The van der Waals surface area contributed by atoms with Gasteiger partial charge in [0.1, 0.15) is 0 Å². The second-order valence-electron chi connectivity index (χ2n) is 5.20. The van der Waals surface area contributed by atoms with Crippen LogP contribution in [0.4, 0.5) is 0 Å². The fourth-order valence-electron chi connectivity index (χ4n) is 2.75. The van der Waals surface area contributed by atoms with E-state index in [0.29, 0.717) is 12.6 Å². The van der Waals surface area contributed by atoms with Crippen LogP contribution in [0.5, 0.6) is 0 Å². The molecule has 1 saturated carbocycles. The molecule has 0 unspecified atom stereocenters. The number of aliphatic hydroxyl groups excluding tert-OH is 1. The Bertz CT molecular complexity index is 226. The van der Waals surface area contributed by atoms with E-state index in [9.17, 15) is 4.79 Å². The van der Waals surface area contributed by atoms with Gasteiger partial charge < -0.3 is 15.7 Å². The molecule has 4 heteroatoms. The number of aliphatic hydroxyl groups is 1. The van der Waals surface area contributed by atoms with Gasteiger partial charge in [0, 0.05) is 19.0 Å². The Kier molecular flexibility index (Phi) is 8.01. The number of hydrogen-bond acceptors (Lipinski definition) is 3. The zero-order valence-electron chi connectivity index (χ0n) is 11.4. The van der Waals surface area contributed by atoms with E-state index in [4.69, 9.17) is 10.8 Å². The molecule has 0 aliphatic heterocycles. The van der Waals surface area contributed by atoms with E-state index >= 15 is 0 Å². The summed E-state index contributed by atoms with van der Waals surface area (Å²) in [5.41, 5.74) is 5.51. The minimum Gasteiger partial charge on any atom is -0.396 e. The number of carbonyl (C=O) groups excluding carboxylic acids is 1. The van der Waals surface area contributed by atoms with E-state index in [1.807, 2.05) is 4.90 Å². The first kappa shape index (κ1) is 15.4. The SMILES string of the molecule is NCCCCN(C(=O)CCO)C1CCCCCC1. The Hall–Kier alpha value is -0.610. The summed E-state index contributed by atoms with van der Waals surface area (Å²) in [5.74, 6) is 0.112. The van der Waals surface area contributed by atoms with Crippen molar-refractivity contribution in [3.05, 3.63) is 0 Å². The third kappa shape index (κ3) is 5.36. The van der Waals surface area contributed by atoms with Crippen LogP contribution in [0.2, 0.25) is 0 Å². The van der Waals surface area contributed by atoms with E-state index < -0.39 is 0 Å². The number of rotatable bonds is 7. The largest absolute Gasteiger partial charge is 0.396 e. The van der Waals surface area contributed by atoms with Crippen LogP contribution in [0.3, 0.4) is 0 Å². The van der Waals surface area contributed by atoms with E-state index in [1.165, 1.54) is 25.7 Å². The van der Waals surface area contributed by atoms with Gasteiger partial charge in [-0.05, 0) is 32.2 Å². The topological polar surface area (TPSA) is 66.6 Å². The van der Waals surface area contributed by atoms with Crippen molar-refractivity contribution < 1.29 is 9.90 Å². The standard InChI is InChI=1S/C14H28N2O2/c15-10-5-6-11-16(14(18)9-12-17)13-7-3-1-2-4-8-13/h13,17H,1-12,15H2. The second kappa shape index (κ2) is 9.34. The number of hydrogen-bond donors (Lipinski definition) is 2. The zero-order chi connectivity index (χ0) is 13.2. The Balaban J connectivity index is 2.52. The van der Waals surface area contributed by atoms with Gasteiger partial charge in [-0.2, -0.15) is 0 Å². The van der Waals surface area contributed by atoms with Gasteiger partial charge in [-0.1, -0.05) is 25.7 Å². The molecule has 0 spiro atoms. The van der Waals surface area contributed by atoms with Gasteiger partial charge in [0.05, 0.1) is 6.61 Å². The molecule has 0 atom stereocenters. The third-order valence-electron chi connectivity index (χ3n) is 3.76. The summed E-state index contributed by atoms with van der Waals surface area (Å²) in [6.45, 7) is 1.45. The highest BCUT2D eigenvalue weighted by atomic mass is 16.3. The molecule has 1 aliphatic rings. The summed E-state index contributed by atoms with van der Waals surface area (Å²) in [6, 6.07) is 0.393. The lowest BCUT2D eigenvalue weighted by molar-refractivity contribution is -0.134. The van der Waals surface area contributed by atoms with Crippen LogP contribution in [0.1, 0.15) is 57.8 Å². The zero-order valence-corrected chi connectivity index (χ0v) is 11.4. The van der Waals surface area contributed by atoms with Crippen LogP contribution < -0.4 is 5.73 Å². The second-order valence-corrected chi connectivity index (χ2v) is 5.20. The number of unbranched alkanes of at least 4 members (excludes halogenated alkanes) is 1. The molecule has 0 aromatic carbocycles. The highest BCUT2D eigenvalue weighted by Gasteiger charge is 2.23. The highest BCUT2D eigenvalue weighted by Crippen LogP contribution is 2.22. The number of amides is 1. The summed E-state index contributed by atoms with van der Waals surface area (Å²) >= 11 is 0. The molecule has 0 aromatic rings. The minimum absolute atomic E-state index is 0.0427. The third-order valence-corrected chi connectivity index (χ3v) is 3.76. The predicted molar refractivity (Wildman–Crippen MR) is 73.2 cm³/mol. The van der Waals surface area contributed by atoms with Crippen LogP contribution in [-0.4, -0.2) is 41.7 Å². The number of carbonyl (C=O) groups is 1. The van der Waals surface area contributed by atoms with E-state index in [0.717, 1.165) is 32.2 Å². The normalized spacial score (nSPS) is 17.4. The van der Waals surface area contributed by atoms with E-state index in [1.54, 1.807) is 0 Å². The first-order chi connectivity index (χ1) is 8.79. The Labute approximate surface area is 111 Å². The average Bonchev–Trinajstić information content (AvgIpc) is 2.63. The van der Waals surface area contributed by atoms with Gasteiger partial charge in [-0.3, -0.25) is 4.79 Å². The lowest BCUT2D eigenvalue weighted by Gasteiger charge is -2.31. The molecule has 1 rings (SSSR count). The van der Waals surface area contributed by atoms with Gasteiger partial charge in [0.2, 0.25) is 5.91 Å². The van der Waals surface area contributed by atoms with Crippen LogP contribution in [-0.2, 0) is 4.79 Å². The lowest BCUT2D eigenvalue weighted by atomic mass is 10.1. The number of nitrogens with two attached hydrogens (primary N) is 1. The van der Waals surface area contributed by atoms with Gasteiger partial charge in [-0.25, -0.2) is 0 Å². The summed E-state index contributed by atoms with van der Waals surface area (Å²) in [7, 11) is 0. The van der Waals surface area contributed by atoms with E-state index in [2.05, 4.69) is 0 Å². The lowest BCUT2D eigenvalue weighted by Crippen LogP contribution is -2.41. The van der Waals surface area contributed by atoms with Crippen LogP contribution >= 0.6 is 0 Å². The van der Waals surface area contributed by atoms with Crippen molar-refractivity contribution in [3.63, 3.8) is 0 Å². The quantitative estimate of drug-likeness (QED) is 0.538. The summed E-state index contributed by atoms with van der Waals surface area (Å²) < 4.78 is 0. The molecule has 4 nitrogen and oxygen atoms in total. The molecule has 1 fully saturated rings. The Morgan fingerprint density at radius 3 is 2.39 bits per heavy atom. The maximum Gasteiger partial charge on any atom is 0.225 e. The van der Waals surface area contributed by atoms with Gasteiger partial charge in [0.15, 0.2) is 0 Å². The molecule has 1 amide bonds. The van der Waals surface area contributed by atoms with E-state index in [-0.39, 0.29) is 18.9 Å². The summed E-state index contributed by atoms with van der Waals surface area (Å²) in [6.07, 6.45) is 9.50. The molecule has 0 heterocycles. The fraction of sp³-hybridized carbons (Fsp3) is 0.929. The fourth-order valence-corrected chi connectivity index (χ4v) is 2.75. The van der Waals surface area contributed by atoms with Gasteiger partial charge in [-0.15, -0.1) is 0 Å². The molecule has 3 N–H and O–H groups in total. The first-order valence-electron chi connectivity index (χ1n) is 7.40. The van der Waals surface area contributed by atoms with Crippen molar-refractivity contribution in [1.29, 1.82) is 0 Å². The molecule has 0 radical (unpaired) electrons. The maximum atomic E-state index is 12.1. The molecule has 18 heavy (non-hydrogen) atoms. The van der Waals surface area contributed by atoms with Crippen molar-refractivity contribution in [1.82, 2.24) is 4.90 Å². The Morgan fingerprint density at radius 2 is 1.83 bits per heavy atom. The first-order valence-corrected chi connectivity index (χ1v) is 7.40. The molecule has 0 bridgehead atoms. The average molecular weight is 256 g/mol. The number of nitrogens with zero attached hydrogens (tertiary/aromatic N) is 1. The van der Waals surface area contributed by atoms with Crippen LogP contribution in [0, 0.1) is 0 Å². The molecular formula is C14H28N2O2. The van der Waals surface area contributed by atoms with Crippen LogP contribution in [0.25, 0.3) is 0 Å². The molecule has 0 saturated heterocycles. The van der Waals surface area contributed by atoms with Gasteiger partial charge >= 0.3 is 0 Å². The molecule has 0 aromatic heterocycles. The van der Waals surface area contributed by atoms with Crippen molar-refractivity contribution >= 4 is 5.91 Å². The molecule has 1 aliphatic carbocycles. The molecule has 106 valence electrons. The monoisotopic (exact) mass is 256 g/mol. The van der Waals surface area contributed by atoms with Crippen molar-refractivity contribution in [2.75, 3.05) is 19.7 Å². The van der Waals surface area contributed by atoms with Gasteiger partial charge in [0.25, 0.3) is 0 Å². The highest BCUT2D eigenvalue weighted by molar-refractivity contribution is 5.76. The summed E-state index contributed by atoms with van der Waals surface area (Å²) in [5, 5.41) is 8.94. The molecular weight excluding hydrogens is 228 g/mol. The Morgan fingerprint density at radius 1 is 1.17 bits per heavy atom. The minimum atomic E-state index is -0.0427.